The van der Waals surface area contributed by atoms with Gasteiger partial charge < -0.3 is 34.8 Å². The third-order valence-electron chi connectivity index (χ3n) is 9.66. The van der Waals surface area contributed by atoms with Crippen LogP contribution in [0.5, 0.6) is 0 Å². The highest BCUT2D eigenvalue weighted by molar-refractivity contribution is 5.98. The molecule has 2 unspecified atom stereocenters. The fraction of sp³-hybridized carbons (Fsp3) is 0.459. The lowest BCUT2D eigenvalue weighted by Crippen LogP contribution is -2.54. The number of aromatic nitrogens is 1. The predicted octanol–water partition coefficient (Wildman–Crippen LogP) is 5.24. The van der Waals surface area contributed by atoms with Crippen LogP contribution in [0.3, 0.4) is 0 Å². The number of carbonyl (C=O) groups excluding carboxylic acids is 3. The topological polar surface area (TPSA) is 116 Å². The summed E-state index contributed by atoms with van der Waals surface area (Å²) < 4.78 is 10.2. The summed E-state index contributed by atoms with van der Waals surface area (Å²) in [6.45, 7) is 8.38. The minimum Gasteiger partial charge on any atom is -0.453 e. The highest BCUT2D eigenvalue weighted by Gasteiger charge is 2.39. The average Bonchev–Trinajstić information content (AvgIpc) is 3.82. The summed E-state index contributed by atoms with van der Waals surface area (Å²) in [5, 5.41) is 5.65. The molecule has 0 bridgehead atoms. The van der Waals surface area contributed by atoms with Crippen molar-refractivity contribution in [1.29, 1.82) is 0 Å². The maximum atomic E-state index is 13.4. The van der Waals surface area contributed by atoms with E-state index in [4.69, 9.17) is 14.5 Å². The lowest BCUT2D eigenvalue weighted by atomic mass is 10.0. The van der Waals surface area contributed by atoms with Gasteiger partial charge in [0.2, 0.25) is 11.8 Å². The minimum atomic E-state index is -0.764. The number of rotatable bonds is 9. The van der Waals surface area contributed by atoms with Crippen molar-refractivity contribution >= 4 is 35.1 Å². The molecule has 2 N–H and O–H groups in total. The second-order valence-corrected chi connectivity index (χ2v) is 13.1. The molecule has 4 heterocycles. The quantitative estimate of drug-likeness (QED) is 0.322. The van der Waals surface area contributed by atoms with Crippen molar-refractivity contribution in [3.05, 3.63) is 72.4 Å². The van der Waals surface area contributed by atoms with Crippen LogP contribution in [0.1, 0.15) is 51.1 Å². The Labute approximate surface area is 282 Å². The van der Waals surface area contributed by atoms with E-state index in [2.05, 4.69) is 69.0 Å². The van der Waals surface area contributed by atoms with Gasteiger partial charge in [-0.15, -0.1) is 0 Å². The van der Waals surface area contributed by atoms with Crippen LogP contribution in [0, 0.1) is 5.92 Å². The number of hydrogen-bond acceptors (Lipinski definition) is 8. The molecular formula is C37H46N6O5. The molecule has 48 heavy (non-hydrogen) atoms. The summed E-state index contributed by atoms with van der Waals surface area (Å²) in [4.78, 5) is 49.6. The number of hydrogen-bond donors (Lipinski definition) is 2. The van der Waals surface area contributed by atoms with Gasteiger partial charge in [-0.2, -0.15) is 0 Å². The molecule has 11 heteroatoms. The molecule has 0 spiro atoms. The zero-order chi connectivity index (χ0) is 33.6. The first-order valence-electron chi connectivity index (χ1n) is 17.0. The molecule has 2 aromatic carbocycles. The molecule has 254 valence electrons. The molecule has 3 amide bonds. The number of alkyl carbamates (subject to hydrolysis) is 1. The van der Waals surface area contributed by atoms with Crippen LogP contribution in [0.25, 0.3) is 11.1 Å². The maximum Gasteiger partial charge on any atom is 0.407 e. The van der Waals surface area contributed by atoms with Crippen LogP contribution in [0.4, 0.5) is 22.0 Å². The molecular weight excluding hydrogens is 608 g/mol. The van der Waals surface area contributed by atoms with E-state index >= 15 is 0 Å². The molecule has 6 rings (SSSR count). The smallest absolute Gasteiger partial charge is 0.407 e. The molecule has 0 aliphatic carbocycles. The van der Waals surface area contributed by atoms with Gasteiger partial charge in [-0.25, -0.2) is 9.78 Å². The van der Waals surface area contributed by atoms with Crippen molar-refractivity contribution in [2.75, 3.05) is 61.6 Å². The largest absolute Gasteiger partial charge is 0.453 e. The third-order valence-corrected chi connectivity index (χ3v) is 9.66. The van der Waals surface area contributed by atoms with E-state index < -0.39 is 18.2 Å². The molecule has 1 aromatic heterocycles. The van der Waals surface area contributed by atoms with Gasteiger partial charge in [0.25, 0.3) is 0 Å². The lowest BCUT2D eigenvalue weighted by Gasteiger charge is -2.30. The van der Waals surface area contributed by atoms with E-state index in [1.165, 1.54) is 18.4 Å². The second kappa shape index (κ2) is 15.1. The first-order valence-corrected chi connectivity index (χ1v) is 17.0. The van der Waals surface area contributed by atoms with E-state index in [9.17, 15) is 14.4 Å². The Morgan fingerprint density at radius 3 is 2.25 bits per heavy atom. The highest BCUT2D eigenvalue weighted by Crippen LogP contribution is 2.37. The Kier molecular flexibility index (Phi) is 10.4. The van der Waals surface area contributed by atoms with Gasteiger partial charge in [0.05, 0.1) is 26.4 Å². The zero-order valence-corrected chi connectivity index (χ0v) is 28.1. The minimum absolute atomic E-state index is 0.156. The molecule has 3 aliphatic rings. The van der Waals surface area contributed by atoms with Crippen molar-refractivity contribution in [2.45, 2.75) is 57.7 Å². The van der Waals surface area contributed by atoms with Crippen molar-refractivity contribution in [1.82, 2.24) is 15.2 Å². The number of anilines is 3. The number of pyridine rings is 1. The Morgan fingerprint density at radius 2 is 1.58 bits per heavy atom. The summed E-state index contributed by atoms with van der Waals surface area (Å²) in [5.41, 5.74) is 5.31. The van der Waals surface area contributed by atoms with Crippen LogP contribution in [-0.2, 0) is 19.1 Å². The Balaban J connectivity index is 1.07. The number of methoxy groups -OCH3 is 1. The van der Waals surface area contributed by atoms with Crippen LogP contribution in [0.15, 0.2) is 66.9 Å². The molecule has 0 radical (unpaired) electrons. The zero-order valence-electron chi connectivity index (χ0n) is 28.1. The summed E-state index contributed by atoms with van der Waals surface area (Å²) >= 11 is 0. The number of ether oxygens (including phenoxy) is 2. The summed E-state index contributed by atoms with van der Waals surface area (Å²) in [5.74, 6) is 0.348. The van der Waals surface area contributed by atoms with Crippen LogP contribution in [0.2, 0.25) is 0 Å². The van der Waals surface area contributed by atoms with E-state index in [1.807, 2.05) is 32.2 Å². The van der Waals surface area contributed by atoms with Gasteiger partial charge in [-0.1, -0.05) is 38.1 Å². The highest BCUT2D eigenvalue weighted by atomic mass is 16.5. The molecule has 3 fully saturated rings. The summed E-state index contributed by atoms with van der Waals surface area (Å²) in [7, 11) is 1.27. The molecule has 0 saturated carbocycles. The summed E-state index contributed by atoms with van der Waals surface area (Å²) in [6, 6.07) is 19.9. The van der Waals surface area contributed by atoms with Gasteiger partial charge in [0, 0.05) is 49.3 Å². The Morgan fingerprint density at radius 1 is 0.875 bits per heavy atom. The predicted molar refractivity (Wildman–Crippen MR) is 186 cm³/mol. The van der Waals surface area contributed by atoms with E-state index in [1.54, 1.807) is 4.90 Å². The number of amides is 3. The van der Waals surface area contributed by atoms with Gasteiger partial charge in [0.1, 0.15) is 17.9 Å². The number of nitrogens with zero attached hydrogens (tertiary/aromatic N) is 4. The van der Waals surface area contributed by atoms with Crippen LogP contribution >= 0.6 is 0 Å². The van der Waals surface area contributed by atoms with E-state index in [-0.39, 0.29) is 23.8 Å². The number of carbonyl (C=O) groups is 3. The average molecular weight is 655 g/mol. The van der Waals surface area contributed by atoms with Crippen LogP contribution in [-0.4, -0.2) is 86.4 Å². The van der Waals surface area contributed by atoms with Gasteiger partial charge >= 0.3 is 6.09 Å². The number of benzene rings is 2. The van der Waals surface area contributed by atoms with Crippen LogP contribution < -0.4 is 20.4 Å². The molecule has 3 saturated heterocycles. The normalized spacial score (nSPS) is 20.1. The standard InChI is InChI=1S/C37H46N6O5/c1-25(2)34(40-37(46)47-3)36(45)43-19-5-7-32(43)35(44)39-29-13-8-27(9-14-29)31-6-4-18-42(31)30-15-10-26(11-16-30)28-12-17-33(38-24-28)41-20-22-48-23-21-41/h8-17,24-25,31-32,34H,4-7,18-23H2,1-3H3,(H,39,44)(H,40,46)/t31-,32?,34?/m1/s1. The maximum absolute atomic E-state index is 13.4. The molecule has 11 nitrogen and oxygen atoms in total. The number of likely N-dealkylation sites (tertiary alicyclic amines) is 1. The second-order valence-electron chi connectivity index (χ2n) is 13.1. The third kappa shape index (κ3) is 7.41. The Hall–Kier alpha value is -4.64. The van der Waals surface area contributed by atoms with E-state index in [0.29, 0.717) is 18.7 Å². The lowest BCUT2D eigenvalue weighted by molar-refractivity contribution is -0.139. The molecule has 3 aromatic rings. The van der Waals surface area contributed by atoms with Crippen molar-refractivity contribution in [2.24, 2.45) is 5.92 Å². The van der Waals surface area contributed by atoms with Crippen molar-refractivity contribution in [3.8, 4) is 11.1 Å². The number of morpholine rings is 1. The molecule has 3 atom stereocenters. The molecule has 3 aliphatic heterocycles. The monoisotopic (exact) mass is 654 g/mol. The first-order chi connectivity index (χ1) is 23.3. The van der Waals surface area contributed by atoms with E-state index in [0.717, 1.165) is 69.1 Å². The number of nitrogens with one attached hydrogen (secondary N) is 2. The SMILES string of the molecule is COC(=O)NC(C(=O)N1CCCC1C(=O)Nc1ccc([C@H]2CCCN2c2ccc(-c3ccc(N4CCOCC4)nc3)cc2)cc1)C(C)C. The fourth-order valence-corrected chi connectivity index (χ4v) is 7.00. The van der Waals surface area contributed by atoms with Crippen molar-refractivity contribution < 1.29 is 23.9 Å². The van der Waals surface area contributed by atoms with Crippen molar-refractivity contribution in [3.63, 3.8) is 0 Å². The van der Waals surface area contributed by atoms with Gasteiger partial charge in [0.15, 0.2) is 0 Å². The van der Waals surface area contributed by atoms with Gasteiger partial charge in [-0.05, 0) is 79.1 Å². The first kappa shape index (κ1) is 33.3. The van der Waals surface area contributed by atoms with Gasteiger partial charge in [-0.3, -0.25) is 9.59 Å². The Bertz CT molecular complexity index is 1560. The fourth-order valence-electron chi connectivity index (χ4n) is 7.00. The summed E-state index contributed by atoms with van der Waals surface area (Å²) in [6.07, 6.45) is 4.74.